The number of carbonyl (C=O) groups excluding carboxylic acids is 2. The van der Waals surface area contributed by atoms with Gasteiger partial charge in [0.25, 0.3) is 0 Å². The Balaban J connectivity index is 4.10. The summed E-state index contributed by atoms with van der Waals surface area (Å²) in [5.41, 5.74) is 0. The van der Waals surface area contributed by atoms with Gasteiger partial charge in [-0.25, -0.2) is 0 Å². The van der Waals surface area contributed by atoms with Crippen molar-refractivity contribution in [3.8, 4) is 0 Å². The van der Waals surface area contributed by atoms with Gasteiger partial charge in [-0.1, -0.05) is 128 Å². The quantitative estimate of drug-likeness (QED) is 0.0537. The number of ether oxygens (including phenoxy) is 1. The van der Waals surface area contributed by atoms with Crippen LogP contribution >= 0.6 is 0 Å². The van der Waals surface area contributed by atoms with Crippen molar-refractivity contribution in [3.05, 3.63) is 24.3 Å². The van der Waals surface area contributed by atoms with Crippen molar-refractivity contribution < 1.29 is 24.2 Å². The van der Waals surface area contributed by atoms with Crippen LogP contribution in [0.25, 0.3) is 0 Å². The lowest BCUT2D eigenvalue weighted by Gasteiger charge is -2.14. The van der Waals surface area contributed by atoms with Gasteiger partial charge in [0.15, 0.2) is 0 Å². The summed E-state index contributed by atoms with van der Waals surface area (Å²) in [6, 6.07) is 0. The fourth-order valence-electron chi connectivity index (χ4n) is 4.65. The van der Waals surface area contributed by atoms with E-state index < -0.39 is 5.97 Å². The average molecular weight is 564 g/mol. The lowest BCUT2D eigenvalue weighted by molar-refractivity contribution is -0.147. The Morgan fingerprint density at radius 3 is 1.80 bits per heavy atom. The Kier molecular flexibility index (Phi) is 28.3. The fourth-order valence-corrected chi connectivity index (χ4v) is 4.65. The molecule has 0 aliphatic rings. The average Bonchev–Trinajstić information content (AvgIpc) is 2.93. The molecule has 6 heteroatoms. The number of allylic oxidation sites excluding steroid dienone is 3. The van der Waals surface area contributed by atoms with Crippen molar-refractivity contribution >= 4 is 17.8 Å². The molecule has 1 atom stereocenters. The van der Waals surface area contributed by atoms with Crippen LogP contribution in [0.4, 0.5) is 0 Å². The van der Waals surface area contributed by atoms with Crippen molar-refractivity contribution in [1.82, 2.24) is 5.32 Å². The summed E-state index contributed by atoms with van der Waals surface area (Å²) in [4.78, 5) is 34.6. The van der Waals surface area contributed by atoms with Crippen LogP contribution in [-0.2, 0) is 19.1 Å². The molecule has 40 heavy (non-hydrogen) atoms. The second-order valence-electron chi connectivity index (χ2n) is 11.1. The van der Waals surface area contributed by atoms with Crippen LogP contribution in [0.2, 0.25) is 0 Å². The Morgan fingerprint density at radius 2 is 1.23 bits per heavy atom. The van der Waals surface area contributed by atoms with Crippen LogP contribution in [0.15, 0.2) is 24.3 Å². The predicted molar refractivity (Wildman–Crippen MR) is 166 cm³/mol. The van der Waals surface area contributed by atoms with Crippen LogP contribution in [0.3, 0.4) is 0 Å². The number of carboxylic acids is 1. The molecule has 0 rings (SSSR count). The molecule has 6 nitrogen and oxygen atoms in total. The summed E-state index contributed by atoms with van der Waals surface area (Å²) in [5.74, 6) is -1.35. The number of unbranched alkanes of at least 4 members (excludes halogenated alkanes) is 16. The van der Waals surface area contributed by atoms with Crippen molar-refractivity contribution in [2.45, 2.75) is 168 Å². The molecule has 0 saturated carbocycles. The summed E-state index contributed by atoms with van der Waals surface area (Å²) in [6.07, 6.45) is 33.2. The van der Waals surface area contributed by atoms with E-state index in [-0.39, 0.29) is 24.5 Å². The highest BCUT2D eigenvalue weighted by Crippen LogP contribution is 2.15. The van der Waals surface area contributed by atoms with Gasteiger partial charge in [0.05, 0.1) is 0 Å². The van der Waals surface area contributed by atoms with Gasteiger partial charge in [-0.05, 0) is 44.6 Å². The summed E-state index contributed by atoms with van der Waals surface area (Å²) >= 11 is 0. The van der Waals surface area contributed by atoms with Gasteiger partial charge in [-0.2, -0.15) is 0 Å². The maximum Gasteiger partial charge on any atom is 0.322 e. The van der Waals surface area contributed by atoms with E-state index in [1.165, 1.54) is 70.6 Å². The third kappa shape index (κ3) is 28.9. The van der Waals surface area contributed by atoms with E-state index in [4.69, 9.17) is 9.84 Å². The minimum Gasteiger partial charge on any atom is -0.480 e. The number of amides is 1. The largest absolute Gasteiger partial charge is 0.480 e. The van der Waals surface area contributed by atoms with Crippen LogP contribution in [0, 0.1) is 0 Å². The highest BCUT2D eigenvalue weighted by molar-refractivity contribution is 5.80. The number of carboxylic acid groups (broad SMARTS) is 1. The van der Waals surface area contributed by atoms with Crippen molar-refractivity contribution in [2.24, 2.45) is 0 Å². The van der Waals surface area contributed by atoms with Crippen molar-refractivity contribution in [2.75, 3.05) is 6.54 Å². The SMILES string of the molecule is CCC/C=C\C/C=C\C(CCCCCCC(=O)NCC(=O)O)OC(=O)CCCCCCCCCCCCCCC. The molecule has 1 amide bonds. The third-order valence-corrected chi connectivity index (χ3v) is 7.09. The number of hydrogen-bond donors (Lipinski definition) is 2. The van der Waals surface area contributed by atoms with Crippen molar-refractivity contribution in [1.29, 1.82) is 0 Å². The highest BCUT2D eigenvalue weighted by Gasteiger charge is 2.11. The molecule has 0 bridgehead atoms. The minimum absolute atomic E-state index is 0.102. The smallest absolute Gasteiger partial charge is 0.322 e. The molecule has 0 spiro atoms. The zero-order chi connectivity index (χ0) is 29.5. The highest BCUT2D eigenvalue weighted by atomic mass is 16.5. The third-order valence-electron chi connectivity index (χ3n) is 7.09. The van der Waals surface area contributed by atoms with Gasteiger partial charge >= 0.3 is 11.9 Å². The molecule has 0 aliphatic carbocycles. The summed E-state index contributed by atoms with van der Waals surface area (Å²) in [7, 11) is 0. The van der Waals surface area contributed by atoms with Gasteiger partial charge in [-0.15, -0.1) is 0 Å². The van der Waals surface area contributed by atoms with Crippen LogP contribution < -0.4 is 5.32 Å². The first-order valence-corrected chi connectivity index (χ1v) is 16.5. The standard InChI is InChI=1S/C34H61NO5/c1-3-5-7-9-11-12-13-14-15-16-17-19-25-29-34(39)40-31(26-22-18-10-8-6-4-2)27-23-20-21-24-28-32(36)35-30-33(37)38/h8,10,22,26,31H,3-7,9,11-21,23-25,27-30H2,1-2H3,(H,35,36)(H,37,38)/b10-8-,26-22-. The predicted octanol–water partition coefficient (Wildman–Crippen LogP) is 9.22. The molecule has 0 radical (unpaired) electrons. The number of nitrogens with one attached hydrogen (secondary N) is 1. The molecule has 0 aliphatic heterocycles. The zero-order valence-electron chi connectivity index (χ0n) is 25.9. The Bertz CT molecular complexity index is 673. The first-order valence-electron chi connectivity index (χ1n) is 16.5. The second kappa shape index (κ2) is 29.9. The normalized spacial score (nSPS) is 12.2. The number of rotatable bonds is 29. The molecule has 0 saturated heterocycles. The maximum atomic E-state index is 12.5. The van der Waals surface area contributed by atoms with E-state index in [1.807, 2.05) is 6.08 Å². The molecule has 0 fully saturated rings. The van der Waals surface area contributed by atoms with Crippen LogP contribution in [0.5, 0.6) is 0 Å². The number of aliphatic carboxylic acids is 1. The molecule has 2 N–H and O–H groups in total. The first-order chi connectivity index (χ1) is 19.5. The maximum absolute atomic E-state index is 12.5. The van der Waals surface area contributed by atoms with Gasteiger partial charge in [-0.3, -0.25) is 14.4 Å². The van der Waals surface area contributed by atoms with Gasteiger partial charge in [0.1, 0.15) is 12.6 Å². The Hall–Kier alpha value is -2.11. The molecule has 0 aromatic carbocycles. The molecule has 0 aromatic rings. The first kappa shape index (κ1) is 37.9. The molecule has 1 unspecified atom stereocenters. The van der Waals surface area contributed by atoms with Gasteiger partial charge < -0.3 is 15.2 Å². The molecule has 0 aromatic heterocycles. The summed E-state index contributed by atoms with van der Waals surface area (Å²) in [6.45, 7) is 4.10. The van der Waals surface area contributed by atoms with E-state index in [0.29, 0.717) is 12.8 Å². The van der Waals surface area contributed by atoms with E-state index in [2.05, 4.69) is 37.4 Å². The monoisotopic (exact) mass is 563 g/mol. The molecule has 0 heterocycles. The van der Waals surface area contributed by atoms with E-state index in [0.717, 1.165) is 64.2 Å². The Labute approximate surface area is 245 Å². The zero-order valence-corrected chi connectivity index (χ0v) is 25.9. The number of carbonyl (C=O) groups is 3. The van der Waals surface area contributed by atoms with E-state index in [9.17, 15) is 14.4 Å². The number of hydrogen-bond acceptors (Lipinski definition) is 4. The molecular formula is C34H61NO5. The molecule has 232 valence electrons. The second-order valence-corrected chi connectivity index (χ2v) is 11.1. The van der Waals surface area contributed by atoms with Gasteiger partial charge in [0.2, 0.25) is 5.91 Å². The minimum atomic E-state index is -1.03. The van der Waals surface area contributed by atoms with Crippen LogP contribution in [-0.4, -0.2) is 35.6 Å². The van der Waals surface area contributed by atoms with E-state index in [1.54, 1.807) is 0 Å². The summed E-state index contributed by atoms with van der Waals surface area (Å²) in [5, 5.41) is 11.0. The van der Waals surface area contributed by atoms with Crippen LogP contribution in [0.1, 0.15) is 162 Å². The fraction of sp³-hybridized carbons (Fsp3) is 0.794. The van der Waals surface area contributed by atoms with Crippen molar-refractivity contribution in [3.63, 3.8) is 0 Å². The lowest BCUT2D eigenvalue weighted by Crippen LogP contribution is -2.28. The molecular weight excluding hydrogens is 502 g/mol. The van der Waals surface area contributed by atoms with E-state index >= 15 is 0 Å². The number of esters is 1. The lowest BCUT2D eigenvalue weighted by atomic mass is 10.0. The topological polar surface area (TPSA) is 92.7 Å². The summed E-state index contributed by atoms with van der Waals surface area (Å²) < 4.78 is 5.81. The Morgan fingerprint density at radius 1 is 0.675 bits per heavy atom. The van der Waals surface area contributed by atoms with Gasteiger partial charge in [0, 0.05) is 12.8 Å².